The monoisotopic (exact) mass is 757 g/mol. The standard InChI is InChI=1S/C24H23IN4O2.C10H13NO.2H2S/c1-30-19-9-7-17(8-10-19)15-29-24-22(23(25)27-29)21(11-13-26-24)31-20-12-14-28(16-20)18-5-3-2-4-6-18;12-10-6-7-11(8-10)9-4-2-1-3-5-9;;/h2-11,13,20H,12,14-16H2,1H3;1-5,10,12H,6-8H2;2*1H2/t20-;10-;;/m00../s1. The topological polar surface area (TPSA) is 75.9 Å². The van der Waals surface area contributed by atoms with E-state index in [2.05, 4.69) is 85.9 Å². The molecule has 0 spiro atoms. The second-order valence-electron chi connectivity index (χ2n) is 10.8. The first-order valence-corrected chi connectivity index (χ1v) is 15.7. The van der Waals surface area contributed by atoms with Crippen LogP contribution in [-0.2, 0) is 6.54 Å². The van der Waals surface area contributed by atoms with Crippen molar-refractivity contribution < 1.29 is 14.6 Å². The van der Waals surface area contributed by atoms with Crippen LogP contribution < -0.4 is 19.3 Å². The molecule has 4 heterocycles. The number of ether oxygens (including phenoxy) is 2. The number of aliphatic hydroxyl groups is 1. The van der Waals surface area contributed by atoms with Crippen LogP contribution in [0.3, 0.4) is 0 Å². The molecule has 0 amide bonds. The highest BCUT2D eigenvalue weighted by molar-refractivity contribution is 14.1. The van der Waals surface area contributed by atoms with Gasteiger partial charge >= 0.3 is 0 Å². The minimum Gasteiger partial charge on any atom is -0.497 e. The van der Waals surface area contributed by atoms with Crippen molar-refractivity contribution in [3.8, 4) is 11.5 Å². The zero-order chi connectivity index (χ0) is 29.6. The molecule has 8 nitrogen and oxygen atoms in total. The van der Waals surface area contributed by atoms with Gasteiger partial charge in [-0.25, -0.2) is 9.67 Å². The van der Waals surface area contributed by atoms with Crippen molar-refractivity contribution in [1.82, 2.24) is 14.8 Å². The van der Waals surface area contributed by atoms with E-state index in [1.807, 2.05) is 53.3 Å². The van der Waals surface area contributed by atoms with Gasteiger partial charge in [-0.2, -0.15) is 32.1 Å². The molecular weight excluding hydrogens is 717 g/mol. The number of rotatable bonds is 7. The molecule has 0 radical (unpaired) electrons. The second-order valence-corrected chi connectivity index (χ2v) is 11.9. The zero-order valence-electron chi connectivity index (χ0n) is 25.2. The third kappa shape index (κ3) is 8.57. The third-order valence-corrected chi connectivity index (χ3v) is 8.64. The van der Waals surface area contributed by atoms with E-state index in [1.54, 1.807) is 7.11 Å². The summed E-state index contributed by atoms with van der Waals surface area (Å²) in [5.74, 6) is 1.70. The quantitative estimate of drug-likeness (QED) is 0.198. The van der Waals surface area contributed by atoms with Crippen molar-refractivity contribution in [3.63, 3.8) is 0 Å². The maximum Gasteiger partial charge on any atom is 0.162 e. The Hall–Kier alpha value is -3.13. The van der Waals surface area contributed by atoms with Gasteiger partial charge in [0.15, 0.2) is 5.65 Å². The van der Waals surface area contributed by atoms with Gasteiger partial charge in [-0.05, 0) is 77.0 Å². The number of aromatic nitrogens is 3. The number of fused-ring (bicyclic) bond motifs is 1. The van der Waals surface area contributed by atoms with Crippen molar-refractivity contribution in [2.45, 2.75) is 31.6 Å². The van der Waals surface area contributed by atoms with Crippen molar-refractivity contribution in [3.05, 3.63) is 106 Å². The van der Waals surface area contributed by atoms with Crippen molar-refractivity contribution >= 4 is 72.0 Å². The predicted molar refractivity (Wildman–Crippen MR) is 200 cm³/mol. The Kier molecular flexibility index (Phi) is 12.7. The first kappa shape index (κ1) is 34.7. The first-order valence-electron chi connectivity index (χ1n) is 14.7. The molecule has 11 heteroatoms. The van der Waals surface area contributed by atoms with Crippen LogP contribution in [0.5, 0.6) is 11.5 Å². The molecule has 3 aromatic carbocycles. The summed E-state index contributed by atoms with van der Waals surface area (Å²) in [4.78, 5) is 9.20. The molecule has 0 bridgehead atoms. The van der Waals surface area contributed by atoms with E-state index < -0.39 is 0 Å². The fraction of sp³-hybridized carbons (Fsp3) is 0.294. The highest BCUT2D eigenvalue weighted by atomic mass is 127. The van der Waals surface area contributed by atoms with Crippen LogP contribution >= 0.6 is 49.6 Å². The third-order valence-electron chi connectivity index (χ3n) is 7.89. The number of hydrogen-bond acceptors (Lipinski definition) is 7. The minimum absolute atomic E-state index is 0. The summed E-state index contributed by atoms with van der Waals surface area (Å²) in [6, 6.07) is 30.7. The lowest BCUT2D eigenvalue weighted by Gasteiger charge is -2.19. The molecule has 7 rings (SSSR count). The van der Waals surface area contributed by atoms with Crippen molar-refractivity contribution in [2.75, 3.05) is 43.1 Å². The maximum absolute atomic E-state index is 9.32. The number of aliphatic hydroxyl groups excluding tert-OH is 1. The summed E-state index contributed by atoms with van der Waals surface area (Å²) in [7, 11) is 1.67. The number of methoxy groups -OCH3 is 1. The summed E-state index contributed by atoms with van der Waals surface area (Å²) in [6.45, 7) is 4.28. The fourth-order valence-electron chi connectivity index (χ4n) is 5.63. The Bertz CT molecular complexity index is 1630. The van der Waals surface area contributed by atoms with E-state index in [9.17, 15) is 5.11 Å². The lowest BCUT2D eigenvalue weighted by molar-refractivity contribution is 0.198. The smallest absolute Gasteiger partial charge is 0.162 e. The highest BCUT2D eigenvalue weighted by Crippen LogP contribution is 2.32. The summed E-state index contributed by atoms with van der Waals surface area (Å²) < 4.78 is 14.6. The Morgan fingerprint density at radius 1 is 0.822 bits per heavy atom. The Balaban J connectivity index is 0.000000278. The summed E-state index contributed by atoms with van der Waals surface area (Å²) in [5, 5.41) is 15.0. The van der Waals surface area contributed by atoms with Crippen molar-refractivity contribution in [1.29, 1.82) is 0 Å². The van der Waals surface area contributed by atoms with Gasteiger partial charge in [0.1, 0.15) is 21.3 Å². The Labute approximate surface area is 292 Å². The van der Waals surface area contributed by atoms with E-state index in [4.69, 9.17) is 14.6 Å². The molecule has 0 unspecified atom stereocenters. The molecule has 45 heavy (non-hydrogen) atoms. The molecule has 0 aliphatic carbocycles. The SMILES string of the molecule is COc1ccc(Cn2nc(I)c3c(O[C@H]4CCN(c5ccccc5)C4)ccnc32)cc1.O[C@H]1CCN(c2ccccc2)C1.S.S. The number of halogens is 1. The summed E-state index contributed by atoms with van der Waals surface area (Å²) in [5.41, 5.74) is 4.45. The molecule has 0 saturated carbocycles. The van der Waals surface area contributed by atoms with Crippen LogP contribution in [0.2, 0.25) is 0 Å². The van der Waals surface area contributed by atoms with Gasteiger partial charge in [-0.3, -0.25) is 0 Å². The first-order chi connectivity index (χ1) is 21.1. The molecule has 1 N–H and O–H groups in total. The van der Waals surface area contributed by atoms with Crippen LogP contribution in [0.4, 0.5) is 11.4 Å². The van der Waals surface area contributed by atoms with Crippen LogP contribution in [0, 0.1) is 3.70 Å². The minimum atomic E-state index is -0.134. The van der Waals surface area contributed by atoms with Gasteiger partial charge in [0.05, 0.1) is 31.7 Å². The molecule has 2 aliphatic rings. The average Bonchev–Trinajstić information content (AvgIpc) is 3.78. The van der Waals surface area contributed by atoms with Crippen LogP contribution in [0.1, 0.15) is 18.4 Å². The molecular formula is C34H40IN5O3S2. The predicted octanol–water partition coefficient (Wildman–Crippen LogP) is 6.23. The van der Waals surface area contributed by atoms with Gasteiger partial charge in [0.2, 0.25) is 0 Å². The molecule has 2 fully saturated rings. The van der Waals surface area contributed by atoms with E-state index in [-0.39, 0.29) is 39.2 Å². The molecule has 238 valence electrons. The number of anilines is 2. The Morgan fingerprint density at radius 3 is 2.04 bits per heavy atom. The summed E-state index contributed by atoms with van der Waals surface area (Å²) >= 11 is 2.28. The number of hydrogen-bond donors (Lipinski definition) is 1. The van der Waals surface area contributed by atoms with E-state index in [1.165, 1.54) is 11.4 Å². The van der Waals surface area contributed by atoms with Gasteiger partial charge < -0.3 is 24.4 Å². The van der Waals surface area contributed by atoms with Crippen LogP contribution in [-0.4, -0.2) is 65.4 Å². The summed E-state index contributed by atoms with van der Waals surface area (Å²) in [6.07, 6.45) is 3.71. The lowest BCUT2D eigenvalue weighted by atomic mass is 10.2. The number of para-hydroxylation sites is 2. The highest BCUT2D eigenvalue weighted by Gasteiger charge is 2.26. The number of nitrogens with zero attached hydrogens (tertiary/aromatic N) is 5. The van der Waals surface area contributed by atoms with Gasteiger partial charge in [-0.1, -0.05) is 48.5 Å². The number of pyridine rings is 1. The molecule has 2 atom stereocenters. The Morgan fingerprint density at radius 2 is 1.44 bits per heavy atom. The van der Waals surface area contributed by atoms with Crippen LogP contribution in [0.25, 0.3) is 11.0 Å². The van der Waals surface area contributed by atoms with E-state index in [0.29, 0.717) is 6.54 Å². The lowest BCUT2D eigenvalue weighted by Crippen LogP contribution is -2.24. The number of benzene rings is 3. The molecule has 5 aromatic rings. The maximum atomic E-state index is 9.32. The van der Waals surface area contributed by atoms with E-state index >= 15 is 0 Å². The van der Waals surface area contributed by atoms with Crippen molar-refractivity contribution in [2.24, 2.45) is 0 Å². The zero-order valence-corrected chi connectivity index (χ0v) is 29.4. The molecule has 2 saturated heterocycles. The fourth-order valence-corrected chi connectivity index (χ4v) is 6.40. The molecule has 2 aliphatic heterocycles. The van der Waals surface area contributed by atoms with Gasteiger partial charge in [-0.15, -0.1) is 0 Å². The van der Waals surface area contributed by atoms with Crippen LogP contribution in [0.15, 0.2) is 97.2 Å². The average molecular weight is 758 g/mol. The normalized spacial score (nSPS) is 17.2. The van der Waals surface area contributed by atoms with E-state index in [0.717, 1.165) is 70.8 Å². The number of β-amino-alcohol motifs (C(OH)–C–C–N with tert-alkyl or cyclic N) is 1. The second kappa shape index (κ2) is 16.4. The molecule has 2 aromatic heterocycles. The van der Waals surface area contributed by atoms with Gasteiger partial charge in [0, 0.05) is 43.6 Å². The van der Waals surface area contributed by atoms with Gasteiger partial charge in [0.25, 0.3) is 0 Å². The largest absolute Gasteiger partial charge is 0.497 e.